The molecule has 0 saturated carbocycles. The quantitative estimate of drug-likeness (QED) is 0.837. The van der Waals surface area contributed by atoms with Crippen molar-refractivity contribution < 1.29 is 9.84 Å². The van der Waals surface area contributed by atoms with Crippen molar-refractivity contribution in [1.82, 2.24) is 0 Å². The summed E-state index contributed by atoms with van der Waals surface area (Å²) in [5.41, 5.74) is 1.14. The Morgan fingerprint density at radius 2 is 1.94 bits per heavy atom. The maximum Gasteiger partial charge on any atom is 0.120 e. The van der Waals surface area contributed by atoms with Gasteiger partial charge in [-0.2, -0.15) is 0 Å². The molecule has 1 aliphatic rings. The minimum Gasteiger partial charge on any atom is -0.508 e. The number of rotatable bonds is 3. The van der Waals surface area contributed by atoms with Crippen LogP contribution in [0.15, 0.2) is 60.2 Å². The van der Waals surface area contributed by atoms with Gasteiger partial charge in [0.05, 0.1) is 0 Å². The third-order valence-electron chi connectivity index (χ3n) is 2.29. The van der Waals surface area contributed by atoms with Crippen LogP contribution in [-0.4, -0.2) is 11.7 Å². The number of phenols is 1. The van der Waals surface area contributed by atoms with Crippen molar-refractivity contribution >= 4 is 0 Å². The van der Waals surface area contributed by atoms with Gasteiger partial charge in [-0.3, -0.25) is 0 Å². The Morgan fingerprint density at radius 1 is 1.12 bits per heavy atom. The van der Waals surface area contributed by atoms with Crippen LogP contribution in [0.5, 0.6) is 11.5 Å². The average Bonchev–Trinajstić information content (AvgIpc) is 2.57. The van der Waals surface area contributed by atoms with Crippen molar-refractivity contribution in [1.29, 1.82) is 0 Å². The molecule has 82 valence electrons. The number of aromatic hydroxyl groups is 1. The zero-order valence-electron chi connectivity index (χ0n) is 8.97. The molecular weight excluding hydrogens is 200 g/mol. The fourth-order valence-corrected chi connectivity index (χ4v) is 1.43. The van der Waals surface area contributed by atoms with Crippen molar-refractivity contribution in [2.45, 2.75) is 6.42 Å². The van der Waals surface area contributed by atoms with Gasteiger partial charge in [0.15, 0.2) is 0 Å². The molecule has 0 atom stereocenters. The van der Waals surface area contributed by atoms with E-state index in [9.17, 15) is 0 Å². The molecule has 2 nitrogen and oxygen atoms in total. The molecule has 2 heteroatoms. The molecule has 0 aliphatic heterocycles. The molecule has 0 unspecified atom stereocenters. The first kappa shape index (κ1) is 10.6. The Kier molecular flexibility index (Phi) is 3.44. The van der Waals surface area contributed by atoms with Crippen LogP contribution in [0.4, 0.5) is 0 Å². The van der Waals surface area contributed by atoms with Crippen molar-refractivity contribution in [3.63, 3.8) is 0 Å². The van der Waals surface area contributed by atoms with Gasteiger partial charge in [-0.05, 0) is 36.3 Å². The number of ether oxygens (including phenoxy) is 1. The SMILES string of the molecule is Oc1ccc(OCC2=CC=CCC=C2)cc1. The highest BCUT2D eigenvalue weighted by atomic mass is 16.5. The molecule has 0 heterocycles. The molecule has 16 heavy (non-hydrogen) atoms. The molecule has 0 saturated heterocycles. The van der Waals surface area contributed by atoms with E-state index in [1.165, 1.54) is 0 Å². The Balaban J connectivity index is 1.94. The minimum atomic E-state index is 0.254. The third kappa shape index (κ3) is 3.02. The summed E-state index contributed by atoms with van der Waals surface area (Å²) in [6, 6.07) is 6.75. The predicted molar refractivity (Wildman–Crippen MR) is 64.6 cm³/mol. The van der Waals surface area contributed by atoms with Crippen LogP contribution in [-0.2, 0) is 0 Å². The molecule has 0 bridgehead atoms. The van der Waals surface area contributed by atoms with E-state index in [-0.39, 0.29) is 5.75 Å². The van der Waals surface area contributed by atoms with Gasteiger partial charge in [-0.25, -0.2) is 0 Å². The molecular formula is C14H14O2. The lowest BCUT2D eigenvalue weighted by atomic mass is 10.2. The lowest BCUT2D eigenvalue weighted by Crippen LogP contribution is -1.98. The molecule has 0 spiro atoms. The van der Waals surface area contributed by atoms with E-state index in [0.29, 0.717) is 6.61 Å². The Morgan fingerprint density at radius 3 is 2.75 bits per heavy atom. The first-order valence-electron chi connectivity index (χ1n) is 5.29. The summed E-state index contributed by atoms with van der Waals surface area (Å²) in [6.45, 7) is 0.547. The standard InChI is InChI=1S/C14H14O2/c15-13-7-9-14(10-8-13)16-11-12-5-3-1-2-4-6-12/h1,3-10,15H,2,11H2. The molecule has 0 amide bonds. The van der Waals surface area contributed by atoms with Crippen molar-refractivity contribution in [3.05, 3.63) is 60.2 Å². The first-order chi connectivity index (χ1) is 7.84. The molecule has 2 rings (SSSR count). The molecule has 1 aromatic rings. The summed E-state index contributed by atoms with van der Waals surface area (Å²) < 4.78 is 5.59. The second-order valence-electron chi connectivity index (χ2n) is 3.59. The molecule has 1 aliphatic carbocycles. The molecule has 1 N–H and O–H groups in total. The summed E-state index contributed by atoms with van der Waals surface area (Å²) in [4.78, 5) is 0. The van der Waals surface area contributed by atoms with E-state index in [1.54, 1.807) is 24.3 Å². The van der Waals surface area contributed by atoms with E-state index in [0.717, 1.165) is 17.7 Å². The summed E-state index contributed by atoms with van der Waals surface area (Å²) in [7, 11) is 0. The van der Waals surface area contributed by atoms with E-state index < -0.39 is 0 Å². The normalized spacial score (nSPS) is 14.4. The Bertz CT molecular complexity index is 425. The van der Waals surface area contributed by atoms with Gasteiger partial charge in [-0.15, -0.1) is 0 Å². The minimum absolute atomic E-state index is 0.254. The summed E-state index contributed by atoms with van der Waals surface area (Å²) in [6.07, 6.45) is 11.3. The molecule has 0 radical (unpaired) electrons. The molecule has 0 fully saturated rings. The number of hydrogen-bond donors (Lipinski definition) is 1. The third-order valence-corrected chi connectivity index (χ3v) is 2.29. The van der Waals surface area contributed by atoms with Crippen molar-refractivity contribution in [3.8, 4) is 11.5 Å². The van der Waals surface area contributed by atoms with Gasteiger partial charge in [0, 0.05) is 0 Å². The predicted octanol–water partition coefficient (Wildman–Crippen LogP) is 3.21. The van der Waals surface area contributed by atoms with Gasteiger partial charge in [-0.1, -0.05) is 30.4 Å². The average molecular weight is 214 g/mol. The fourth-order valence-electron chi connectivity index (χ4n) is 1.43. The zero-order valence-corrected chi connectivity index (χ0v) is 8.97. The molecule has 0 aromatic heterocycles. The van der Waals surface area contributed by atoms with Crippen molar-refractivity contribution in [2.75, 3.05) is 6.61 Å². The van der Waals surface area contributed by atoms with Gasteiger partial charge in [0.25, 0.3) is 0 Å². The van der Waals surface area contributed by atoms with Gasteiger partial charge < -0.3 is 9.84 Å². The maximum absolute atomic E-state index is 9.12. The van der Waals surface area contributed by atoms with Gasteiger partial charge in [0.2, 0.25) is 0 Å². The summed E-state index contributed by atoms with van der Waals surface area (Å²) in [5.74, 6) is 1.02. The molecule has 1 aromatic carbocycles. The lowest BCUT2D eigenvalue weighted by molar-refractivity contribution is 0.354. The van der Waals surface area contributed by atoms with E-state index in [1.807, 2.05) is 12.2 Å². The number of phenolic OH excluding ortho intramolecular Hbond substituents is 1. The van der Waals surface area contributed by atoms with Crippen LogP contribution >= 0.6 is 0 Å². The van der Waals surface area contributed by atoms with Crippen LogP contribution < -0.4 is 4.74 Å². The highest BCUT2D eigenvalue weighted by Crippen LogP contribution is 2.17. The second-order valence-corrected chi connectivity index (χ2v) is 3.59. The Labute approximate surface area is 95.2 Å². The van der Waals surface area contributed by atoms with Gasteiger partial charge >= 0.3 is 0 Å². The topological polar surface area (TPSA) is 29.5 Å². The van der Waals surface area contributed by atoms with E-state index in [2.05, 4.69) is 18.2 Å². The largest absolute Gasteiger partial charge is 0.508 e. The number of hydrogen-bond acceptors (Lipinski definition) is 2. The monoisotopic (exact) mass is 214 g/mol. The van der Waals surface area contributed by atoms with Crippen LogP contribution in [0.3, 0.4) is 0 Å². The number of benzene rings is 1. The summed E-state index contributed by atoms with van der Waals surface area (Å²) >= 11 is 0. The number of allylic oxidation sites excluding steroid dienone is 4. The van der Waals surface area contributed by atoms with Crippen LogP contribution in [0, 0.1) is 0 Å². The summed E-state index contributed by atoms with van der Waals surface area (Å²) in [5, 5.41) is 9.12. The van der Waals surface area contributed by atoms with Crippen LogP contribution in [0.2, 0.25) is 0 Å². The first-order valence-corrected chi connectivity index (χ1v) is 5.29. The maximum atomic E-state index is 9.12. The fraction of sp³-hybridized carbons (Fsp3) is 0.143. The van der Waals surface area contributed by atoms with Gasteiger partial charge in [0.1, 0.15) is 18.1 Å². The van der Waals surface area contributed by atoms with Crippen molar-refractivity contribution in [2.24, 2.45) is 0 Å². The lowest BCUT2D eigenvalue weighted by Gasteiger charge is -2.06. The van der Waals surface area contributed by atoms with E-state index >= 15 is 0 Å². The van der Waals surface area contributed by atoms with Crippen LogP contribution in [0.25, 0.3) is 0 Å². The smallest absolute Gasteiger partial charge is 0.120 e. The van der Waals surface area contributed by atoms with E-state index in [4.69, 9.17) is 9.84 Å². The second kappa shape index (κ2) is 5.21. The Hall–Kier alpha value is -1.96. The highest BCUT2D eigenvalue weighted by molar-refractivity contribution is 5.32. The highest BCUT2D eigenvalue weighted by Gasteiger charge is 1.97. The zero-order chi connectivity index (χ0) is 11.2. The van der Waals surface area contributed by atoms with Crippen LogP contribution in [0.1, 0.15) is 6.42 Å².